The van der Waals surface area contributed by atoms with Crippen LogP contribution in [-0.2, 0) is 25.8 Å². The van der Waals surface area contributed by atoms with Crippen LogP contribution in [0, 0.1) is 0 Å². The van der Waals surface area contributed by atoms with Crippen LogP contribution in [0.4, 0.5) is 8.22 Å². The number of hydrogen-bond donors (Lipinski definition) is 0. The Hall–Kier alpha value is 0.177. The molecule has 0 atom stereocenters. The monoisotopic (exact) mass is 443 g/mol. The molecule has 0 amide bonds. The molecular formula is C11H23F2HfN3Si. The summed E-state index contributed by atoms with van der Waals surface area (Å²) in [6, 6.07) is 6.21. The summed E-state index contributed by atoms with van der Waals surface area (Å²) in [6.45, 7) is 0. The van der Waals surface area contributed by atoms with Gasteiger partial charge in [-0.05, 0) is 0 Å². The Labute approximate surface area is 131 Å². The fourth-order valence-corrected chi connectivity index (χ4v) is 1.05. The zero-order chi connectivity index (χ0) is 14.1. The molecule has 0 aliphatic carbocycles. The molecule has 18 heavy (non-hydrogen) atoms. The summed E-state index contributed by atoms with van der Waals surface area (Å²) in [6.07, 6.45) is 0. The minimum absolute atomic E-state index is 0. The Morgan fingerprint density at radius 1 is 0.778 bits per heavy atom. The van der Waals surface area contributed by atoms with Gasteiger partial charge in [0, 0.05) is 0 Å². The van der Waals surface area contributed by atoms with E-state index in [2.05, 4.69) is 16.0 Å². The van der Waals surface area contributed by atoms with Crippen LogP contribution < -0.4 is 5.19 Å². The maximum Gasteiger partial charge on any atom is 4.00 e. The van der Waals surface area contributed by atoms with E-state index in [4.69, 9.17) is 0 Å². The van der Waals surface area contributed by atoms with Crippen LogP contribution in [0.15, 0.2) is 24.3 Å². The molecule has 0 aliphatic rings. The van der Waals surface area contributed by atoms with Gasteiger partial charge in [-0.3, -0.25) is 8.22 Å². The van der Waals surface area contributed by atoms with Gasteiger partial charge in [-0.25, -0.2) is 12.1 Å². The zero-order valence-electron chi connectivity index (χ0n) is 12.0. The summed E-state index contributed by atoms with van der Waals surface area (Å²) in [5, 5.41) is 10.7. The van der Waals surface area contributed by atoms with E-state index in [0.717, 1.165) is 0 Å². The summed E-state index contributed by atoms with van der Waals surface area (Å²) < 4.78 is 23.5. The summed E-state index contributed by atoms with van der Waals surface area (Å²) in [4.78, 5) is 0. The number of halogens is 2. The Bertz CT molecular complexity index is 195. The van der Waals surface area contributed by atoms with E-state index in [-0.39, 0.29) is 31.0 Å². The van der Waals surface area contributed by atoms with E-state index in [1.54, 1.807) is 54.4 Å². The van der Waals surface area contributed by atoms with Gasteiger partial charge in [-0.1, -0.05) is 0 Å². The van der Waals surface area contributed by atoms with Gasteiger partial charge in [0.25, 0.3) is 0 Å². The molecule has 1 aromatic rings. The third-order valence-electron chi connectivity index (χ3n) is 0.940. The van der Waals surface area contributed by atoms with Gasteiger partial charge >= 0.3 is 35.3 Å². The first-order chi connectivity index (χ1) is 8.05. The number of rotatable bonds is 1. The molecule has 3 nitrogen and oxygen atoms in total. The smallest absolute Gasteiger partial charge is 0.668 e. The van der Waals surface area contributed by atoms with Gasteiger partial charge < -0.3 is 16.0 Å². The van der Waals surface area contributed by atoms with E-state index >= 15 is 0 Å². The SMILES string of the molecule is C[N-]C.C[N-]C.C[N-]C.F[SiH](F)[c-]1cccc1.[Hf+4]. The molecule has 0 fully saturated rings. The fourth-order valence-electron chi connectivity index (χ4n) is 0.534. The number of nitrogens with zero attached hydrogens (tertiary/aromatic N) is 3. The van der Waals surface area contributed by atoms with Crippen LogP contribution in [0.25, 0.3) is 16.0 Å². The largest absolute Gasteiger partial charge is 4.00 e. The molecule has 0 saturated carbocycles. The van der Waals surface area contributed by atoms with Gasteiger partial charge in [0.05, 0.1) is 0 Å². The van der Waals surface area contributed by atoms with Crippen molar-refractivity contribution >= 4 is 14.7 Å². The second-order valence-corrected chi connectivity index (χ2v) is 4.13. The average Bonchev–Trinajstić information content (AvgIpc) is 2.73. The Morgan fingerprint density at radius 3 is 1.11 bits per heavy atom. The first kappa shape index (κ1) is 26.7. The minimum atomic E-state index is -3.48. The molecule has 0 unspecified atom stereocenters. The van der Waals surface area contributed by atoms with Crippen molar-refractivity contribution in [2.45, 2.75) is 0 Å². The third-order valence-corrected chi connectivity index (χ3v) is 1.83. The van der Waals surface area contributed by atoms with Gasteiger partial charge in [-0.15, -0.1) is 5.19 Å². The molecular weight excluding hydrogens is 419 g/mol. The van der Waals surface area contributed by atoms with Crippen molar-refractivity contribution in [3.63, 3.8) is 0 Å². The fraction of sp³-hybridized carbons (Fsp3) is 0.545. The first-order valence-electron chi connectivity index (χ1n) is 4.99. The molecule has 0 aromatic heterocycles. The second kappa shape index (κ2) is 25.9. The van der Waals surface area contributed by atoms with Crippen molar-refractivity contribution in [3.05, 3.63) is 40.2 Å². The summed E-state index contributed by atoms with van der Waals surface area (Å²) in [7, 11) is 7.02. The minimum Gasteiger partial charge on any atom is -0.668 e. The van der Waals surface area contributed by atoms with Gasteiger partial charge in [0.2, 0.25) is 0 Å². The van der Waals surface area contributed by atoms with E-state index in [1.165, 1.54) is 12.1 Å². The van der Waals surface area contributed by atoms with Crippen molar-refractivity contribution in [2.24, 2.45) is 0 Å². The maximum atomic E-state index is 11.7. The van der Waals surface area contributed by atoms with Crippen molar-refractivity contribution in [3.8, 4) is 0 Å². The summed E-state index contributed by atoms with van der Waals surface area (Å²) in [5.41, 5.74) is 0. The van der Waals surface area contributed by atoms with E-state index in [1.807, 2.05) is 0 Å². The van der Waals surface area contributed by atoms with Gasteiger partial charge in [-0.2, -0.15) is 54.4 Å². The van der Waals surface area contributed by atoms with E-state index in [0.29, 0.717) is 0 Å². The van der Waals surface area contributed by atoms with Crippen LogP contribution in [0.1, 0.15) is 0 Å². The van der Waals surface area contributed by atoms with Gasteiger partial charge in [0.15, 0.2) is 0 Å². The van der Waals surface area contributed by atoms with Crippen LogP contribution in [0.5, 0.6) is 0 Å². The van der Waals surface area contributed by atoms with E-state index < -0.39 is 9.46 Å². The van der Waals surface area contributed by atoms with Crippen LogP contribution in [0.2, 0.25) is 0 Å². The predicted molar refractivity (Wildman–Crippen MR) is 76.7 cm³/mol. The van der Waals surface area contributed by atoms with Crippen molar-refractivity contribution in [2.75, 3.05) is 42.3 Å². The third kappa shape index (κ3) is 29.8. The Balaban J connectivity index is -0.0000000840. The molecule has 0 saturated heterocycles. The van der Waals surface area contributed by atoms with Crippen molar-refractivity contribution in [1.29, 1.82) is 0 Å². The van der Waals surface area contributed by atoms with Crippen LogP contribution >= 0.6 is 0 Å². The topological polar surface area (TPSA) is 42.3 Å². The number of hydrogen-bond acceptors (Lipinski definition) is 0. The summed E-state index contributed by atoms with van der Waals surface area (Å²) >= 11 is 0. The first-order valence-corrected chi connectivity index (χ1v) is 6.44. The molecule has 0 N–H and O–H groups in total. The quantitative estimate of drug-likeness (QED) is 0.365. The normalized spacial score (nSPS) is 7.61. The zero-order valence-corrected chi connectivity index (χ0v) is 16.7. The average molecular weight is 442 g/mol. The molecule has 104 valence electrons. The molecule has 0 aliphatic heterocycles. The molecule has 0 heterocycles. The van der Waals surface area contributed by atoms with E-state index in [9.17, 15) is 8.22 Å². The Morgan fingerprint density at radius 2 is 1.00 bits per heavy atom. The van der Waals surface area contributed by atoms with Crippen molar-refractivity contribution in [1.82, 2.24) is 0 Å². The second-order valence-electron chi connectivity index (χ2n) is 2.86. The predicted octanol–water partition coefficient (Wildman–Crippen LogP) is 2.63. The molecule has 1 rings (SSSR count). The van der Waals surface area contributed by atoms with Crippen LogP contribution in [-0.4, -0.2) is 51.8 Å². The molecule has 0 spiro atoms. The summed E-state index contributed by atoms with van der Waals surface area (Å²) in [5.74, 6) is 0. The molecule has 7 heteroatoms. The molecule has 0 radical (unpaired) electrons. The van der Waals surface area contributed by atoms with Crippen LogP contribution in [0.3, 0.4) is 0 Å². The van der Waals surface area contributed by atoms with Gasteiger partial charge in [0.1, 0.15) is 0 Å². The standard InChI is InChI=1S/C5H5F2Si.3C2H6N.Hf/c6-8(7)5-3-1-2-4-5;3*1-3-2;/h1-4,8H;3*1-2H3;/q4*-1;+4. The maximum absolute atomic E-state index is 11.7. The van der Waals surface area contributed by atoms with Crippen molar-refractivity contribution < 1.29 is 34.1 Å². The Kier molecular flexibility index (Phi) is 38.4. The molecule has 0 bridgehead atoms. The molecule has 1 aromatic carbocycles.